The topological polar surface area (TPSA) is 81.4 Å². The third-order valence-electron chi connectivity index (χ3n) is 2.31. The van der Waals surface area contributed by atoms with Crippen LogP contribution in [0.5, 0.6) is 5.75 Å². The summed E-state index contributed by atoms with van der Waals surface area (Å²) in [6.45, 7) is 2.77. The lowest BCUT2D eigenvalue weighted by atomic mass is 10.3. The normalized spacial score (nSPS) is 11.4. The van der Waals surface area contributed by atoms with Crippen molar-refractivity contribution in [3.05, 3.63) is 24.3 Å². The second-order valence-electron chi connectivity index (χ2n) is 3.65. The van der Waals surface area contributed by atoms with Gasteiger partial charge in [-0.05, 0) is 30.7 Å². The van der Waals surface area contributed by atoms with Crippen molar-refractivity contribution < 1.29 is 13.2 Å². The first-order valence-electron chi connectivity index (χ1n) is 5.55. The zero-order chi connectivity index (χ0) is 12.7. The quantitative estimate of drug-likeness (QED) is 0.440. The van der Waals surface area contributed by atoms with E-state index in [1.807, 2.05) is 0 Å². The molecule has 0 saturated carbocycles. The molecule has 0 heterocycles. The summed E-state index contributed by atoms with van der Waals surface area (Å²) in [5, 5.41) is 0. The lowest BCUT2D eigenvalue weighted by Gasteiger charge is -2.06. The molecule has 96 valence electrons. The summed E-state index contributed by atoms with van der Waals surface area (Å²) in [4.78, 5) is 1.89. The number of hydrogen-bond donors (Lipinski definition) is 2. The van der Waals surface area contributed by atoms with Gasteiger partial charge in [0.1, 0.15) is 5.75 Å². The number of nitrogens with one attached hydrogen (secondary N) is 1. The van der Waals surface area contributed by atoms with Gasteiger partial charge in [-0.3, -0.25) is 5.84 Å². The largest absolute Gasteiger partial charge is 0.494 e. The van der Waals surface area contributed by atoms with Crippen LogP contribution in [0.3, 0.4) is 0 Å². The van der Waals surface area contributed by atoms with Gasteiger partial charge in [-0.1, -0.05) is 19.8 Å². The summed E-state index contributed by atoms with van der Waals surface area (Å²) in [5.74, 6) is 5.58. The van der Waals surface area contributed by atoms with Crippen molar-refractivity contribution in [2.24, 2.45) is 5.84 Å². The van der Waals surface area contributed by atoms with Gasteiger partial charge in [0.15, 0.2) is 0 Å². The Morgan fingerprint density at radius 2 is 1.88 bits per heavy atom. The molecule has 17 heavy (non-hydrogen) atoms. The summed E-state index contributed by atoms with van der Waals surface area (Å²) < 4.78 is 28.1. The highest BCUT2D eigenvalue weighted by molar-refractivity contribution is 7.89. The standard InChI is InChI=1S/C11H18N2O3S/c1-2-3-4-9-16-10-5-7-11(8-6-10)17(14,15)13-12/h5-8,13H,2-4,9,12H2,1H3. The maximum atomic E-state index is 11.3. The van der Waals surface area contributed by atoms with Crippen LogP contribution in [-0.4, -0.2) is 15.0 Å². The van der Waals surface area contributed by atoms with E-state index in [4.69, 9.17) is 10.6 Å². The predicted molar refractivity (Wildman–Crippen MR) is 66.0 cm³/mol. The van der Waals surface area contributed by atoms with Crippen molar-refractivity contribution in [1.29, 1.82) is 0 Å². The molecule has 0 radical (unpaired) electrons. The van der Waals surface area contributed by atoms with Crippen LogP contribution in [-0.2, 0) is 10.0 Å². The van der Waals surface area contributed by atoms with Crippen LogP contribution in [0.15, 0.2) is 29.2 Å². The van der Waals surface area contributed by atoms with E-state index in [9.17, 15) is 8.42 Å². The Labute approximate surface area is 102 Å². The van der Waals surface area contributed by atoms with Crippen molar-refractivity contribution in [2.75, 3.05) is 6.61 Å². The lowest BCUT2D eigenvalue weighted by Crippen LogP contribution is -2.30. The van der Waals surface area contributed by atoms with E-state index in [1.165, 1.54) is 12.1 Å². The van der Waals surface area contributed by atoms with Gasteiger partial charge in [0.2, 0.25) is 0 Å². The molecule has 0 fully saturated rings. The molecule has 1 aromatic rings. The van der Waals surface area contributed by atoms with Crippen LogP contribution in [0.4, 0.5) is 0 Å². The van der Waals surface area contributed by atoms with E-state index in [0.29, 0.717) is 12.4 Å². The fourth-order valence-electron chi connectivity index (χ4n) is 1.33. The number of hydrogen-bond acceptors (Lipinski definition) is 4. The van der Waals surface area contributed by atoms with E-state index in [1.54, 1.807) is 17.0 Å². The lowest BCUT2D eigenvalue weighted by molar-refractivity contribution is 0.306. The van der Waals surface area contributed by atoms with E-state index in [0.717, 1.165) is 19.3 Å². The molecule has 0 aliphatic rings. The summed E-state index contributed by atoms with van der Waals surface area (Å²) >= 11 is 0. The summed E-state index contributed by atoms with van der Waals surface area (Å²) in [7, 11) is -3.57. The van der Waals surface area contributed by atoms with Crippen molar-refractivity contribution in [1.82, 2.24) is 4.83 Å². The monoisotopic (exact) mass is 258 g/mol. The Morgan fingerprint density at radius 3 is 2.41 bits per heavy atom. The molecule has 1 rings (SSSR count). The van der Waals surface area contributed by atoms with Crippen LogP contribution in [0.25, 0.3) is 0 Å². The third-order valence-corrected chi connectivity index (χ3v) is 3.51. The molecule has 0 aliphatic carbocycles. The highest BCUT2D eigenvalue weighted by atomic mass is 32.2. The van der Waals surface area contributed by atoms with Gasteiger partial charge in [-0.25, -0.2) is 8.42 Å². The Bertz CT molecular complexity index is 429. The average Bonchev–Trinajstić information content (AvgIpc) is 2.35. The van der Waals surface area contributed by atoms with Crippen LogP contribution in [0.2, 0.25) is 0 Å². The molecule has 1 aromatic carbocycles. The van der Waals surface area contributed by atoms with E-state index >= 15 is 0 Å². The summed E-state index contributed by atoms with van der Waals surface area (Å²) in [5.41, 5.74) is 0. The van der Waals surface area contributed by atoms with Crippen LogP contribution < -0.4 is 15.4 Å². The average molecular weight is 258 g/mol. The van der Waals surface area contributed by atoms with E-state index < -0.39 is 10.0 Å². The fourth-order valence-corrected chi connectivity index (χ4v) is 1.96. The molecular formula is C11H18N2O3S. The molecular weight excluding hydrogens is 240 g/mol. The Hall–Kier alpha value is -1.11. The number of unbranched alkanes of at least 4 members (excludes halogenated alkanes) is 2. The fraction of sp³-hybridized carbons (Fsp3) is 0.455. The number of hydrazine groups is 1. The zero-order valence-electron chi connectivity index (χ0n) is 9.85. The Kier molecular flexibility index (Phi) is 5.40. The maximum Gasteiger partial charge on any atom is 0.253 e. The van der Waals surface area contributed by atoms with Crippen molar-refractivity contribution in [3.8, 4) is 5.75 Å². The highest BCUT2D eigenvalue weighted by Crippen LogP contribution is 2.15. The Morgan fingerprint density at radius 1 is 1.24 bits per heavy atom. The van der Waals surface area contributed by atoms with Crippen molar-refractivity contribution in [2.45, 2.75) is 31.1 Å². The second-order valence-corrected chi connectivity index (χ2v) is 5.36. The van der Waals surface area contributed by atoms with Gasteiger partial charge >= 0.3 is 0 Å². The number of sulfonamides is 1. The molecule has 5 nitrogen and oxygen atoms in total. The number of ether oxygens (including phenoxy) is 1. The van der Waals surface area contributed by atoms with Crippen molar-refractivity contribution >= 4 is 10.0 Å². The number of nitrogens with two attached hydrogens (primary N) is 1. The minimum absolute atomic E-state index is 0.126. The first-order chi connectivity index (χ1) is 8.10. The van der Waals surface area contributed by atoms with Gasteiger partial charge in [0, 0.05) is 0 Å². The molecule has 0 amide bonds. The van der Waals surface area contributed by atoms with Crippen LogP contribution in [0.1, 0.15) is 26.2 Å². The first-order valence-corrected chi connectivity index (χ1v) is 7.03. The molecule has 6 heteroatoms. The van der Waals surface area contributed by atoms with E-state index in [2.05, 4.69) is 6.92 Å². The number of benzene rings is 1. The maximum absolute atomic E-state index is 11.3. The van der Waals surface area contributed by atoms with Gasteiger partial charge in [-0.15, -0.1) is 0 Å². The smallest absolute Gasteiger partial charge is 0.253 e. The molecule has 0 aliphatic heterocycles. The molecule has 0 bridgehead atoms. The molecule has 0 unspecified atom stereocenters. The molecule has 0 saturated heterocycles. The van der Waals surface area contributed by atoms with Gasteiger partial charge < -0.3 is 4.74 Å². The second kappa shape index (κ2) is 6.58. The zero-order valence-corrected chi connectivity index (χ0v) is 10.7. The number of rotatable bonds is 7. The van der Waals surface area contributed by atoms with Gasteiger partial charge in [0.05, 0.1) is 11.5 Å². The minimum Gasteiger partial charge on any atom is -0.494 e. The van der Waals surface area contributed by atoms with Crippen molar-refractivity contribution in [3.63, 3.8) is 0 Å². The van der Waals surface area contributed by atoms with E-state index in [-0.39, 0.29) is 4.90 Å². The first kappa shape index (κ1) is 14.0. The molecule has 0 spiro atoms. The molecule has 3 N–H and O–H groups in total. The summed E-state index contributed by atoms with van der Waals surface area (Å²) in [6, 6.07) is 6.17. The molecule has 0 aromatic heterocycles. The molecule has 0 atom stereocenters. The van der Waals surface area contributed by atoms with Crippen LogP contribution in [0, 0.1) is 0 Å². The SMILES string of the molecule is CCCCCOc1ccc(S(=O)(=O)NN)cc1. The van der Waals surface area contributed by atoms with Gasteiger partial charge in [0.25, 0.3) is 10.0 Å². The minimum atomic E-state index is -3.57. The van der Waals surface area contributed by atoms with Gasteiger partial charge in [-0.2, -0.15) is 4.83 Å². The summed E-state index contributed by atoms with van der Waals surface area (Å²) in [6.07, 6.45) is 3.27. The third kappa shape index (κ3) is 4.33. The Balaban J connectivity index is 2.57. The highest BCUT2D eigenvalue weighted by Gasteiger charge is 2.10. The predicted octanol–water partition coefficient (Wildman–Crippen LogP) is 1.41. The van der Waals surface area contributed by atoms with Crippen LogP contribution >= 0.6 is 0 Å².